The summed E-state index contributed by atoms with van der Waals surface area (Å²) < 4.78 is 5.80. The molecule has 1 saturated heterocycles. The van der Waals surface area contributed by atoms with E-state index in [1.807, 2.05) is 0 Å². The maximum absolute atomic E-state index is 5.80. The van der Waals surface area contributed by atoms with E-state index in [2.05, 4.69) is 55.3 Å². The zero-order valence-corrected chi connectivity index (χ0v) is 13.8. The van der Waals surface area contributed by atoms with Crippen molar-refractivity contribution in [3.05, 3.63) is 29.8 Å². The Morgan fingerprint density at radius 2 is 2.14 bits per heavy atom. The lowest BCUT2D eigenvalue weighted by Gasteiger charge is -2.28. The minimum Gasteiger partial charge on any atom is -0.376 e. The Morgan fingerprint density at radius 3 is 2.81 bits per heavy atom. The van der Waals surface area contributed by atoms with Gasteiger partial charge in [-0.15, -0.1) is 0 Å². The molecule has 3 heteroatoms. The minimum absolute atomic E-state index is 0.404. The van der Waals surface area contributed by atoms with E-state index < -0.39 is 0 Å². The molecule has 118 valence electrons. The first-order valence-electron chi connectivity index (χ1n) is 8.36. The summed E-state index contributed by atoms with van der Waals surface area (Å²) in [5.41, 5.74) is 2.74. The predicted molar refractivity (Wildman–Crippen MR) is 89.8 cm³/mol. The zero-order valence-electron chi connectivity index (χ0n) is 13.8. The van der Waals surface area contributed by atoms with E-state index >= 15 is 0 Å². The van der Waals surface area contributed by atoms with Crippen LogP contribution in [0.3, 0.4) is 0 Å². The van der Waals surface area contributed by atoms with Gasteiger partial charge in [-0.3, -0.25) is 0 Å². The molecule has 1 aromatic carbocycles. The first-order chi connectivity index (χ1) is 10.2. The Hall–Kier alpha value is -1.06. The van der Waals surface area contributed by atoms with Gasteiger partial charge in [-0.1, -0.05) is 32.0 Å². The second-order valence-electron chi connectivity index (χ2n) is 6.33. The molecule has 1 heterocycles. The number of nitrogens with zero attached hydrogens (tertiary/aromatic N) is 1. The van der Waals surface area contributed by atoms with Gasteiger partial charge >= 0.3 is 0 Å². The van der Waals surface area contributed by atoms with Gasteiger partial charge in [0.1, 0.15) is 0 Å². The predicted octanol–water partition coefficient (Wildman–Crippen LogP) is 3.44. The molecule has 0 amide bonds. The standard InChI is InChI=1S/C18H30N2O/c1-4-20(14-17-9-7-11-21-17)18-10-6-5-8-16(18)13-19-12-15(2)3/h5-6,8,10,15,17,19H,4,7,9,11-14H2,1-3H3. The summed E-state index contributed by atoms with van der Waals surface area (Å²) in [5.74, 6) is 0.686. The summed E-state index contributed by atoms with van der Waals surface area (Å²) in [5, 5.41) is 3.56. The summed E-state index contributed by atoms with van der Waals surface area (Å²) in [4.78, 5) is 2.46. The van der Waals surface area contributed by atoms with Crippen molar-refractivity contribution in [2.75, 3.05) is 31.1 Å². The quantitative estimate of drug-likeness (QED) is 0.794. The second kappa shape index (κ2) is 8.40. The molecule has 1 fully saturated rings. The van der Waals surface area contributed by atoms with Crippen LogP contribution in [0.25, 0.3) is 0 Å². The van der Waals surface area contributed by atoms with E-state index in [9.17, 15) is 0 Å². The van der Waals surface area contributed by atoms with Crippen LogP contribution in [0.4, 0.5) is 5.69 Å². The molecule has 1 aliphatic heterocycles. The minimum atomic E-state index is 0.404. The number of likely N-dealkylation sites (N-methyl/N-ethyl adjacent to an activating group) is 1. The highest BCUT2D eigenvalue weighted by Gasteiger charge is 2.19. The maximum atomic E-state index is 5.80. The summed E-state index contributed by atoms with van der Waals surface area (Å²) in [6, 6.07) is 8.75. The lowest BCUT2D eigenvalue weighted by atomic mass is 10.1. The Bertz CT molecular complexity index is 413. The largest absolute Gasteiger partial charge is 0.376 e. The molecule has 0 saturated carbocycles. The van der Waals surface area contributed by atoms with Crippen molar-refractivity contribution >= 4 is 5.69 Å². The van der Waals surface area contributed by atoms with Gasteiger partial charge in [-0.05, 0) is 43.9 Å². The van der Waals surface area contributed by atoms with Crippen molar-refractivity contribution in [1.82, 2.24) is 5.32 Å². The normalized spacial score (nSPS) is 18.4. The van der Waals surface area contributed by atoms with Gasteiger partial charge in [0.15, 0.2) is 0 Å². The van der Waals surface area contributed by atoms with Crippen molar-refractivity contribution < 1.29 is 4.74 Å². The summed E-state index contributed by atoms with van der Waals surface area (Å²) in [6.45, 7) is 11.7. The average molecular weight is 290 g/mol. The van der Waals surface area contributed by atoms with Crippen molar-refractivity contribution in [2.45, 2.75) is 46.3 Å². The van der Waals surface area contributed by atoms with Gasteiger partial charge in [-0.25, -0.2) is 0 Å². The van der Waals surface area contributed by atoms with E-state index in [1.165, 1.54) is 24.1 Å². The molecule has 0 spiro atoms. The van der Waals surface area contributed by atoms with Gasteiger partial charge in [0.25, 0.3) is 0 Å². The molecule has 2 rings (SSSR count). The number of hydrogen-bond acceptors (Lipinski definition) is 3. The lowest BCUT2D eigenvalue weighted by Crippen LogP contribution is -2.33. The van der Waals surface area contributed by atoms with Crippen molar-refractivity contribution in [3.8, 4) is 0 Å². The lowest BCUT2D eigenvalue weighted by molar-refractivity contribution is 0.115. The van der Waals surface area contributed by atoms with E-state index in [-0.39, 0.29) is 0 Å². The third-order valence-corrected chi connectivity index (χ3v) is 4.03. The molecule has 1 atom stereocenters. The van der Waals surface area contributed by atoms with Crippen LogP contribution in [0.1, 0.15) is 39.2 Å². The van der Waals surface area contributed by atoms with Gasteiger partial charge < -0.3 is 15.0 Å². The molecular weight excluding hydrogens is 260 g/mol. The van der Waals surface area contributed by atoms with Crippen LogP contribution in [-0.4, -0.2) is 32.3 Å². The smallest absolute Gasteiger partial charge is 0.0750 e. The summed E-state index contributed by atoms with van der Waals surface area (Å²) in [7, 11) is 0. The molecule has 0 bridgehead atoms. The fourth-order valence-corrected chi connectivity index (χ4v) is 2.90. The summed E-state index contributed by atoms with van der Waals surface area (Å²) >= 11 is 0. The third-order valence-electron chi connectivity index (χ3n) is 4.03. The number of benzene rings is 1. The number of hydrogen-bond donors (Lipinski definition) is 1. The number of nitrogens with one attached hydrogen (secondary N) is 1. The third kappa shape index (κ3) is 5.01. The van der Waals surface area contributed by atoms with Crippen LogP contribution in [-0.2, 0) is 11.3 Å². The van der Waals surface area contributed by atoms with E-state index in [0.29, 0.717) is 12.0 Å². The molecular formula is C18H30N2O. The average Bonchev–Trinajstić information content (AvgIpc) is 2.98. The molecule has 1 aromatic rings. The molecule has 1 aliphatic rings. The van der Waals surface area contributed by atoms with E-state index in [0.717, 1.165) is 32.8 Å². The number of anilines is 1. The Kier molecular flexibility index (Phi) is 6.52. The van der Waals surface area contributed by atoms with Crippen molar-refractivity contribution in [2.24, 2.45) is 5.92 Å². The van der Waals surface area contributed by atoms with Gasteiger partial charge in [0, 0.05) is 31.9 Å². The highest BCUT2D eigenvalue weighted by atomic mass is 16.5. The molecule has 0 aromatic heterocycles. The van der Waals surface area contributed by atoms with Crippen LogP contribution in [0.15, 0.2) is 24.3 Å². The maximum Gasteiger partial charge on any atom is 0.0750 e. The Balaban J connectivity index is 2.01. The molecule has 1 unspecified atom stereocenters. The van der Waals surface area contributed by atoms with Gasteiger partial charge in [-0.2, -0.15) is 0 Å². The molecule has 0 radical (unpaired) electrons. The van der Waals surface area contributed by atoms with Crippen LogP contribution >= 0.6 is 0 Å². The highest BCUT2D eigenvalue weighted by Crippen LogP contribution is 2.23. The highest BCUT2D eigenvalue weighted by molar-refractivity contribution is 5.53. The number of rotatable bonds is 8. The van der Waals surface area contributed by atoms with Crippen molar-refractivity contribution in [3.63, 3.8) is 0 Å². The second-order valence-corrected chi connectivity index (χ2v) is 6.33. The SMILES string of the molecule is CCN(CC1CCCO1)c1ccccc1CNCC(C)C. The fraction of sp³-hybridized carbons (Fsp3) is 0.667. The Morgan fingerprint density at radius 1 is 1.33 bits per heavy atom. The first-order valence-corrected chi connectivity index (χ1v) is 8.36. The van der Waals surface area contributed by atoms with Crippen LogP contribution in [0.2, 0.25) is 0 Å². The fourth-order valence-electron chi connectivity index (χ4n) is 2.90. The molecule has 3 nitrogen and oxygen atoms in total. The summed E-state index contributed by atoms with van der Waals surface area (Å²) in [6.07, 6.45) is 2.81. The molecule has 0 aliphatic carbocycles. The molecule has 1 N–H and O–H groups in total. The monoisotopic (exact) mass is 290 g/mol. The number of ether oxygens (including phenoxy) is 1. The first kappa shape index (κ1) is 16.3. The molecule has 21 heavy (non-hydrogen) atoms. The van der Waals surface area contributed by atoms with Gasteiger partial charge in [0.2, 0.25) is 0 Å². The zero-order chi connectivity index (χ0) is 15.1. The van der Waals surface area contributed by atoms with Crippen LogP contribution in [0, 0.1) is 5.92 Å². The van der Waals surface area contributed by atoms with Crippen molar-refractivity contribution in [1.29, 1.82) is 0 Å². The topological polar surface area (TPSA) is 24.5 Å². The van der Waals surface area contributed by atoms with E-state index in [1.54, 1.807) is 0 Å². The van der Waals surface area contributed by atoms with Gasteiger partial charge in [0.05, 0.1) is 6.10 Å². The van der Waals surface area contributed by atoms with Crippen LogP contribution in [0.5, 0.6) is 0 Å². The van der Waals surface area contributed by atoms with Crippen LogP contribution < -0.4 is 10.2 Å². The number of para-hydroxylation sites is 1. The Labute approximate surface area is 129 Å². The van der Waals surface area contributed by atoms with E-state index in [4.69, 9.17) is 4.74 Å².